The number of nitrogens with zero attached hydrogens (tertiary/aromatic N) is 2. The van der Waals surface area contributed by atoms with E-state index >= 15 is 0 Å². The Morgan fingerprint density at radius 2 is 1.64 bits per heavy atom. The van der Waals surface area contributed by atoms with Crippen LogP contribution in [-0.2, 0) is 4.79 Å². The second-order valence-electron chi connectivity index (χ2n) is 9.57. The molecular formula is C31H23ClN2O4S. The van der Waals surface area contributed by atoms with Gasteiger partial charge in [-0.05, 0) is 60.3 Å². The summed E-state index contributed by atoms with van der Waals surface area (Å²) in [5.74, 6) is -3.86. The number of carbonyl (C=O) groups is 3. The summed E-state index contributed by atoms with van der Waals surface area (Å²) in [6, 6.07) is 26.3. The largest absolute Gasteiger partial charge is 0.479 e. The molecule has 1 aliphatic heterocycles. The van der Waals surface area contributed by atoms with Crippen molar-refractivity contribution in [2.75, 3.05) is 0 Å². The molecule has 1 aromatic heterocycles. The van der Waals surface area contributed by atoms with E-state index in [0.29, 0.717) is 32.2 Å². The number of carboxylic acid groups (broad SMARTS) is 1. The van der Waals surface area contributed by atoms with Crippen LogP contribution in [0.4, 0.5) is 0 Å². The predicted octanol–water partition coefficient (Wildman–Crippen LogP) is 6.60. The van der Waals surface area contributed by atoms with Crippen LogP contribution in [0.25, 0.3) is 0 Å². The zero-order valence-electron chi connectivity index (χ0n) is 20.8. The molecule has 1 amide bonds. The molecule has 8 heteroatoms. The molecule has 0 spiro atoms. The summed E-state index contributed by atoms with van der Waals surface area (Å²) in [4.78, 5) is 43.9. The minimum atomic E-state index is -1.78. The van der Waals surface area contributed by atoms with Gasteiger partial charge in [0, 0.05) is 26.9 Å². The van der Waals surface area contributed by atoms with Crippen LogP contribution in [-0.4, -0.2) is 33.2 Å². The van der Waals surface area contributed by atoms with Gasteiger partial charge in [-0.3, -0.25) is 9.59 Å². The summed E-state index contributed by atoms with van der Waals surface area (Å²) in [6.07, 6.45) is 0. The number of hydrogen-bond acceptors (Lipinski definition) is 5. The predicted molar refractivity (Wildman–Crippen MR) is 149 cm³/mol. The van der Waals surface area contributed by atoms with Crippen LogP contribution in [0.2, 0.25) is 5.02 Å². The minimum Gasteiger partial charge on any atom is -0.479 e. The SMILES string of the molecule is CC1(C(=O)O)C(c2cccs2)C(C(=O)c2cccc(Cl)c2)C(c2ccc(C#N)cc2)N1C(=O)c1ccccc1. The Balaban J connectivity index is 1.81. The molecule has 0 radical (unpaired) electrons. The number of halogens is 1. The first kappa shape index (κ1) is 26.4. The van der Waals surface area contributed by atoms with Gasteiger partial charge in [0.1, 0.15) is 5.54 Å². The Bertz CT molecular complexity index is 1580. The van der Waals surface area contributed by atoms with E-state index in [-0.39, 0.29) is 5.78 Å². The Labute approximate surface area is 234 Å². The molecule has 1 fully saturated rings. The van der Waals surface area contributed by atoms with E-state index in [2.05, 4.69) is 6.07 Å². The van der Waals surface area contributed by atoms with Gasteiger partial charge in [-0.2, -0.15) is 5.26 Å². The first-order valence-corrected chi connectivity index (χ1v) is 13.5. The van der Waals surface area contributed by atoms with Gasteiger partial charge < -0.3 is 10.0 Å². The van der Waals surface area contributed by atoms with Crippen LogP contribution in [0.5, 0.6) is 0 Å². The number of carbonyl (C=O) groups excluding carboxylic acids is 2. The van der Waals surface area contributed by atoms with E-state index < -0.39 is 35.3 Å². The second kappa shape index (κ2) is 10.5. The summed E-state index contributed by atoms with van der Waals surface area (Å²) < 4.78 is 0. The molecule has 3 aromatic carbocycles. The molecule has 0 aliphatic carbocycles. The standard InChI is InChI=1S/C31H23ClN2O4S/c1-31(30(37)38)26(24-11-6-16-39-24)25(28(35)22-9-5-10-23(32)17-22)27(20-14-12-19(18-33)13-15-20)34(31)29(36)21-7-3-2-4-8-21/h2-17,25-27H,1H3,(H,37,38). The van der Waals surface area contributed by atoms with E-state index in [0.717, 1.165) is 0 Å². The Morgan fingerprint density at radius 3 is 2.23 bits per heavy atom. The van der Waals surface area contributed by atoms with E-state index in [1.54, 1.807) is 84.9 Å². The topological polar surface area (TPSA) is 98.5 Å². The molecule has 0 bridgehead atoms. The van der Waals surface area contributed by atoms with Crippen molar-refractivity contribution >= 4 is 40.6 Å². The average Bonchev–Trinajstić information content (AvgIpc) is 3.57. The maximum absolute atomic E-state index is 14.4. The molecule has 4 unspecified atom stereocenters. The first-order chi connectivity index (χ1) is 18.8. The number of aliphatic carboxylic acids is 1. The third-order valence-corrected chi connectivity index (χ3v) is 8.59. The third-order valence-electron chi connectivity index (χ3n) is 7.40. The number of ketones is 1. The van der Waals surface area contributed by atoms with Crippen LogP contribution in [0.15, 0.2) is 96.4 Å². The number of carboxylic acids is 1. The maximum Gasteiger partial charge on any atom is 0.330 e. The number of nitriles is 1. The monoisotopic (exact) mass is 554 g/mol. The highest BCUT2D eigenvalue weighted by Crippen LogP contribution is 2.57. The number of likely N-dealkylation sites (tertiary alicyclic amines) is 1. The van der Waals surface area contributed by atoms with Crippen LogP contribution in [0, 0.1) is 17.2 Å². The highest BCUT2D eigenvalue weighted by atomic mass is 35.5. The first-order valence-electron chi connectivity index (χ1n) is 12.2. The number of benzene rings is 3. The van der Waals surface area contributed by atoms with E-state index in [4.69, 9.17) is 11.6 Å². The zero-order valence-corrected chi connectivity index (χ0v) is 22.4. The molecule has 1 saturated heterocycles. The van der Waals surface area contributed by atoms with E-state index in [1.165, 1.54) is 23.2 Å². The smallest absolute Gasteiger partial charge is 0.330 e. The van der Waals surface area contributed by atoms with Crippen molar-refractivity contribution < 1.29 is 19.5 Å². The van der Waals surface area contributed by atoms with Crippen LogP contribution >= 0.6 is 22.9 Å². The maximum atomic E-state index is 14.4. The van der Waals surface area contributed by atoms with Crippen molar-refractivity contribution in [1.82, 2.24) is 4.90 Å². The van der Waals surface area contributed by atoms with Crippen molar-refractivity contribution in [1.29, 1.82) is 5.26 Å². The second-order valence-corrected chi connectivity index (χ2v) is 11.0. The highest BCUT2D eigenvalue weighted by Gasteiger charge is 2.65. The van der Waals surface area contributed by atoms with Crippen LogP contribution < -0.4 is 0 Å². The molecule has 6 nitrogen and oxygen atoms in total. The Kier molecular flexibility index (Phi) is 7.09. The summed E-state index contributed by atoms with van der Waals surface area (Å²) in [5, 5.41) is 22.4. The van der Waals surface area contributed by atoms with Crippen molar-refractivity contribution in [3.8, 4) is 6.07 Å². The summed E-state index contributed by atoms with van der Waals surface area (Å²) in [5.41, 5.74) is -0.176. The number of hydrogen-bond donors (Lipinski definition) is 1. The number of Topliss-reactive ketones (excluding diaryl/α,β-unsaturated/α-hetero) is 1. The van der Waals surface area contributed by atoms with Gasteiger partial charge in [0.05, 0.1) is 23.6 Å². The highest BCUT2D eigenvalue weighted by molar-refractivity contribution is 7.10. The fourth-order valence-corrected chi connectivity index (χ4v) is 6.77. The molecule has 0 saturated carbocycles. The van der Waals surface area contributed by atoms with E-state index in [1.807, 2.05) is 11.4 Å². The molecule has 1 aliphatic rings. The van der Waals surface area contributed by atoms with Gasteiger partial charge in [-0.25, -0.2) is 4.79 Å². The summed E-state index contributed by atoms with van der Waals surface area (Å²) in [7, 11) is 0. The summed E-state index contributed by atoms with van der Waals surface area (Å²) >= 11 is 7.59. The fourth-order valence-electron chi connectivity index (χ4n) is 5.59. The molecule has 194 valence electrons. The lowest BCUT2D eigenvalue weighted by Crippen LogP contribution is -2.54. The lowest BCUT2D eigenvalue weighted by Gasteiger charge is -2.37. The van der Waals surface area contributed by atoms with Crippen molar-refractivity contribution in [3.63, 3.8) is 0 Å². The minimum absolute atomic E-state index is 0.310. The van der Waals surface area contributed by atoms with Crippen LogP contribution in [0.3, 0.4) is 0 Å². The fraction of sp³-hybridized carbons (Fsp3) is 0.161. The third kappa shape index (κ3) is 4.52. The lowest BCUT2D eigenvalue weighted by atomic mass is 9.74. The molecular weight excluding hydrogens is 532 g/mol. The molecule has 2 heterocycles. The van der Waals surface area contributed by atoms with Crippen LogP contribution in [0.1, 0.15) is 55.6 Å². The van der Waals surface area contributed by atoms with Gasteiger partial charge >= 0.3 is 5.97 Å². The van der Waals surface area contributed by atoms with Gasteiger partial charge in [0.15, 0.2) is 5.78 Å². The normalized spacial score (nSPS) is 22.3. The summed E-state index contributed by atoms with van der Waals surface area (Å²) in [6.45, 7) is 1.52. The Hall–Kier alpha value is -4.25. The van der Waals surface area contributed by atoms with Gasteiger partial charge in [-0.1, -0.05) is 60.1 Å². The molecule has 4 atom stereocenters. The Morgan fingerprint density at radius 1 is 0.949 bits per heavy atom. The molecule has 5 rings (SSSR count). The van der Waals surface area contributed by atoms with Gasteiger partial charge in [0.25, 0.3) is 5.91 Å². The zero-order chi connectivity index (χ0) is 27.7. The van der Waals surface area contributed by atoms with Gasteiger partial charge in [-0.15, -0.1) is 11.3 Å². The van der Waals surface area contributed by atoms with Crippen molar-refractivity contribution in [2.24, 2.45) is 5.92 Å². The number of thiophene rings is 1. The molecule has 4 aromatic rings. The van der Waals surface area contributed by atoms with Crippen molar-refractivity contribution in [3.05, 3.63) is 129 Å². The van der Waals surface area contributed by atoms with Crippen molar-refractivity contribution in [2.45, 2.75) is 24.4 Å². The lowest BCUT2D eigenvalue weighted by molar-refractivity contribution is -0.148. The molecule has 39 heavy (non-hydrogen) atoms. The number of rotatable bonds is 6. The van der Waals surface area contributed by atoms with Gasteiger partial charge in [0.2, 0.25) is 0 Å². The quantitative estimate of drug-likeness (QED) is 0.271. The van der Waals surface area contributed by atoms with E-state index in [9.17, 15) is 24.8 Å². The number of amides is 1. The molecule has 1 N–H and O–H groups in total. The average molecular weight is 555 g/mol.